The molecule has 0 fully saturated rings. The molecule has 20 heavy (non-hydrogen) atoms. The molecular weight excluding hydrogens is 256 g/mol. The third-order valence-corrected chi connectivity index (χ3v) is 2.97. The van der Waals surface area contributed by atoms with Crippen LogP contribution in [0.2, 0.25) is 0 Å². The van der Waals surface area contributed by atoms with Gasteiger partial charge in [-0.25, -0.2) is 0 Å². The molecule has 1 aromatic rings. The lowest BCUT2D eigenvalue weighted by atomic mass is 10.1. The summed E-state index contributed by atoms with van der Waals surface area (Å²) in [5, 5.41) is 12.4. The van der Waals surface area contributed by atoms with Gasteiger partial charge in [0.25, 0.3) is 5.91 Å². The van der Waals surface area contributed by atoms with Gasteiger partial charge in [0.1, 0.15) is 5.75 Å². The van der Waals surface area contributed by atoms with Crippen LogP contribution in [0.3, 0.4) is 0 Å². The average molecular weight is 278 g/mol. The van der Waals surface area contributed by atoms with Gasteiger partial charge in [-0.2, -0.15) is 0 Å². The molecule has 5 heteroatoms. The molecule has 2 amide bonds. The minimum absolute atomic E-state index is 0.000644. The number of aromatic hydroxyl groups is 1. The molecule has 2 N–H and O–H groups in total. The Labute approximate surface area is 119 Å². The molecule has 110 valence electrons. The van der Waals surface area contributed by atoms with E-state index >= 15 is 0 Å². The van der Waals surface area contributed by atoms with E-state index in [2.05, 4.69) is 5.32 Å². The minimum atomic E-state index is -0.280. The summed E-state index contributed by atoms with van der Waals surface area (Å²) in [5.41, 5.74) is 0.927. The second-order valence-corrected chi connectivity index (χ2v) is 5.31. The van der Waals surface area contributed by atoms with Crippen molar-refractivity contribution in [3.05, 3.63) is 29.3 Å². The molecule has 0 unspecified atom stereocenters. The molecule has 5 nitrogen and oxygen atoms in total. The second-order valence-electron chi connectivity index (χ2n) is 5.31. The van der Waals surface area contributed by atoms with Gasteiger partial charge in [-0.1, -0.05) is 19.9 Å². The lowest BCUT2D eigenvalue weighted by Gasteiger charge is -2.18. The molecule has 1 rings (SSSR count). The van der Waals surface area contributed by atoms with Gasteiger partial charge >= 0.3 is 0 Å². The van der Waals surface area contributed by atoms with Gasteiger partial charge in [0.05, 0.1) is 6.54 Å². The van der Waals surface area contributed by atoms with Crippen molar-refractivity contribution < 1.29 is 14.7 Å². The van der Waals surface area contributed by atoms with E-state index in [1.807, 2.05) is 13.8 Å². The van der Waals surface area contributed by atoms with Crippen LogP contribution in [0.5, 0.6) is 5.75 Å². The highest BCUT2D eigenvalue weighted by Crippen LogP contribution is 2.20. The summed E-state index contributed by atoms with van der Waals surface area (Å²) in [7, 11) is 1.57. The Balaban J connectivity index is 2.67. The number of rotatable bonds is 5. The second kappa shape index (κ2) is 6.93. The molecule has 0 aliphatic rings. The summed E-state index contributed by atoms with van der Waals surface area (Å²) in [4.78, 5) is 25.3. The highest BCUT2D eigenvalue weighted by atomic mass is 16.3. The van der Waals surface area contributed by atoms with Crippen LogP contribution in [0, 0.1) is 12.8 Å². The first-order valence-corrected chi connectivity index (χ1v) is 6.63. The van der Waals surface area contributed by atoms with Crippen molar-refractivity contribution in [2.75, 3.05) is 20.1 Å². The summed E-state index contributed by atoms with van der Waals surface area (Å²) in [6, 6.07) is 4.78. The topological polar surface area (TPSA) is 69.6 Å². The van der Waals surface area contributed by atoms with Crippen LogP contribution in [0.4, 0.5) is 0 Å². The number of hydrogen-bond acceptors (Lipinski definition) is 3. The van der Waals surface area contributed by atoms with Crippen molar-refractivity contribution >= 4 is 11.8 Å². The smallest absolute Gasteiger partial charge is 0.254 e. The predicted octanol–water partition coefficient (Wildman–Crippen LogP) is 1.54. The third kappa shape index (κ3) is 4.26. The zero-order chi connectivity index (χ0) is 15.3. The Bertz CT molecular complexity index is 498. The number of phenolic OH excluding ortho intramolecular Hbond substituents is 1. The molecule has 0 heterocycles. The molecule has 0 saturated heterocycles. The lowest BCUT2D eigenvalue weighted by molar-refractivity contribution is -0.121. The van der Waals surface area contributed by atoms with Gasteiger partial charge in [0, 0.05) is 24.7 Å². The van der Waals surface area contributed by atoms with Crippen molar-refractivity contribution in [1.82, 2.24) is 10.2 Å². The van der Waals surface area contributed by atoms with Gasteiger partial charge < -0.3 is 15.3 Å². The van der Waals surface area contributed by atoms with Gasteiger partial charge in [-0.05, 0) is 25.0 Å². The van der Waals surface area contributed by atoms with Gasteiger partial charge in [0.2, 0.25) is 5.91 Å². The molecule has 0 aliphatic heterocycles. The van der Waals surface area contributed by atoms with Crippen LogP contribution >= 0.6 is 0 Å². The van der Waals surface area contributed by atoms with E-state index in [9.17, 15) is 14.7 Å². The largest absolute Gasteiger partial charge is 0.508 e. The fourth-order valence-corrected chi connectivity index (χ4v) is 1.72. The van der Waals surface area contributed by atoms with E-state index in [0.29, 0.717) is 23.6 Å². The normalized spacial score (nSPS) is 10.4. The molecule has 0 bridgehead atoms. The molecule has 0 atom stereocenters. The highest BCUT2D eigenvalue weighted by Gasteiger charge is 2.17. The number of hydrogen-bond donors (Lipinski definition) is 2. The fraction of sp³-hybridized carbons (Fsp3) is 0.467. The van der Waals surface area contributed by atoms with Gasteiger partial charge in [-0.15, -0.1) is 0 Å². The number of nitrogens with zero attached hydrogens (tertiary/aromatic N) is 1. The quantitative estimate of drug-likeness (QED) is 0.858. The molecule has 1 aromatic carbocycles. The summed E-state index contributed by atoms with van der Waals surface area (Å²) >= 11 is 0. The monoisotopic (exact) mass is 278 g/mol. The van der Waals surface area contributed by atoms with Crippen LogP contribution < -0.4 is 5.32 Å². The van der Waals surface area contributed by atoms with E-state index in [1.54, 1.807) is 26.1 Å². The Hall–Kier alpha value is -2.04. The van der Waals surface area contributed by atoms with Gasteiger partial charge in [-0.3, -0.25) is 9.59 Å². The van der Waals surface area contributed by atoms with Crippen LogP contribution in [0.1, 0.15) is 29.8 Å². The van der Waals surface area contributed by atoms with E-state index in [-0.39, 0.29) is 24.1 Å². The van der Waals surface area contributed by atoms with Crippen LogP contribution in [0.15, 0.2) is 18.2 Å². The molecule has 0 aromatic heterocycles. The maximum atomic E-state index is 12.2. The Morgan fingerprint density at radius 2 is 2.00 bits per heavy atom. The number of carbonyl (C=O) groups excluding carboxylic acids is 2. The Kier molecular flexibility index (Phi) is 5.55. The van der Waals surface area contributed by atoms with Crippen molar-refractivity contribution in [3.8, 4) is 5.75 Å². The molecule has 0 aliphatic carbocycles. The maximum absolute atomic E-state index is 12.2. The predicted molar refractivity (Wildman–Crippen MR) is 77.7 cm³/mol. The highest BCUT2D eigenvalue weighted by molar-refractivity contribution is 5.98. The number of benzene rings is 1. The van der Waals surface area contributed by atoms with Crippen molar-refractivity contribution in [3.63, 3.8) is 0 Å². The first-order chi connectivity index (χ1) is 9.32. The van der Waals surface area contributed by atoms with Gasteiger partial charge in [0.15, 0.2) is 0 Å². The van der Waals surface area contributed by atoms with Crippen LogP contribution in [-0.4, -0.2) is 42.0 Å². The van der Waals surface area contributed by atoms with E-state index in [1.165, 1.54) is 11.0 Å². The van der Waals surface area contributed by atoms with Crippen LogP contribution in [-0.2, 0) is 4.79 Å². The average Bonchev–Trinajstić information content (AvgIpc) is 2.38. The third-order valence-electron chi connectivity index (χ3n) is 2.97. The molecule has 0 spiro atoms. The van der Waals surface area contributed by atoms with Crippen molar-refractivity contribution in [1.29, 1.82) is 0 Å². The zero-order valence-electron chi connectivity index (χ0n) is 12.4. The first kappa shape index (κ1) is 16.0. The van der Waals surface area contributed by atoms with E-state index in [0.717, 1.165) is 0 Å². The standard InChI is InChI=1S/C15H22N2O3/c1-10(2)8-16-14(19)9-17(4)15(20)12-6-5-7-13(18)11(12)3/h5-7,10,18H,8-9H2,1-4H3,(H,16,19). The maximum Gasteiger partial charge on any atom is 0.254 e. The summed E-state index contributed by atoms with van der Waals surface area (Å²) in [5.74, 6) is -0.0211. The zero-order valence-corrected chi connectivity index (χ0v) is 12.4. The molecule has 0 radical (unpaired) electrons. The Morgan fingerprint density at radius 1 is 1.35 bits per heavy atom. The fourth-order valence-electron chi connectivity index (χ4n) is 1.72. The number of phenols is 1. The molecular formula is C15H22N2O3. The number of carbonyl (C=O) groups is 2. The Morgan fingerprint density at radius 3 is 2.60 bits per heavy atom. The minimum Gasteiger partial charge on any atom is -0.508 e. The number of likely N-dealkylation sites (N-methyl/N-ethyl adjacent to an activating group) is 1. The SMILES string of the molecule is Cc1c(O)cccc1C(=O)N(C)CC(=O)NCC(C)C. The van der Waals surface area contributed by atoms with E-state index in [4.69, 9.17) is 0 Å². The summed E-state index contributed by atoms with van der Waals surface area (Å²) in [6.45, 7) is 6.28. The van der Waals surface area contributed by atoms with Crippen molar-refractivity contribution in [2.45, 2.75) is 20.8 Å². The van der Waals surface area contributed by atoms with E-state index < -0.39 is 0 Å². The number of amides is 2. The summed E-state index contributed by atoms with van der Waals surface area (Å²) in [6.07, 6.45) is 0. The first-order valence-electron chi connectivity index (χ1n) is 6.63. The van der Waals surface area contributed by atoms with Crippen molar-refractivity contribution in [2.24, 2.45) is 5.92 Å². The number of nitrogens with one attached hydrogen (secondary N) is 1. The molecule has 0 saturated carbocycles. The lowest BCUT2D eigenvalue weighted by Crippen LogP contribution is -2.39. The summed E-state index contributed by atoms with van der Waals surface area (Å²) < 4.78 is 0. The van der Waals surface area contributed by atoms with Crippen LogP contribution in [0.25, 0.3) is 0 Å².